The van der Waals surface area contributed by atoms with Gasteiger partial charge in [-0.3, -0.25) is 0 Å². The number of hydrogen-bond acceptors (Lipinski definition) is 2. The van der Waals surface area contributed by atoms with Gasteiger partial charge in [0.2, 0.25) is 0 Å². The number of aliphatic carboxylic acids is 1. The first kappa shape index (κ1) is 14.9. The Labute approximate surface area is 82.0 Å². The number of carboxylic acid groups (broad SMARTS) is 1. The van der Waals surface area contributed by atoms with E-state index in [1.807, 2.05) is 0 Å². The molecular weight excluding hydrogens is 166 g/mol. The molecule has 80 valence electrons. The van der Waals surface area contributed by atoms with Gasteiger partial charge in [0.1, 0.15) is 0 Å². The minimum atomic E-state index is -0.995. The summed E-state index contributed by atoms with van der Waals surface area (Å²) in [6, 6.07) is 0. The lowest BCUT2D eigenvalue weighted by Crippen LogP contribution is -2.42. The molecule has 0 heterocycles. The quantitative estimate of drug-likeness (QED) is 0.609. The van der Waals surface area contributed by atoms with Crippen molar-refractivity contribution in [2.45, 2.75) is 34.1 Å². The molecule has 0 aromatic rings. The molecule has 13 heavy (non-hydrogen) atoms. The van der Waals surface area contributed by atoms with Gasteiger partial charge in [-0.1, -0.05) is 6.92 Å². The smallest absolute Gasteiger partial charge is 0.0755 e. The molecule has 0 rings (SSSR count). The Kier molecular flexibility index (Phi) is 9.24. The van der Waals surface area contributed by atoms with Crippen LogP contribution in [-0.2, 0) is 4.79 Å². The van der Waals surface area contributed by atoms with Gasteiger partial charge in [0.05, 0.1) is 26.7 Å². The molecule has 0 aliphatic rings. The maximum Gasteiger partial charge on any atom is 0.0755 e. The molecule has 0 radical (unpaired) electrons. The molecule has 0 spiro atoms. The van der Waals surface area contributed by atoms with E-state index in [0.29, 0.717) is 0 Å². The second-order valence-electron chi connectivity index (χ2n) is 3.29. The lowest BCUT2D eigenvalue weighted by molar-refractivity contribution is -0.904. The first-order valence-electron chi connectivity index (χ1n) is 4.99. The standard InChI is InChI=1S/C7H18N.C3H6O2/c1-5-8(4,6-2)7-3;1-2-3(4)5/h5-7H2,1-4H3;2H2,1H3,(H,4,5)/q+1;/p-1. The van der Waals surface area contributed by atoms with Gasteiger partial charge in [0.25, 0.3) is 0 Å². The van der Waals surface area contributed by atoms with Crippen LogP contribution in [0.25, 0.3) is 0 Å². The summed E-state index contributed by atoms with van der Waals surface area (Å²) in [7, 11) is 2.29. The third kappa shape index (κ3) is 9.34. The van der Waals surface area contributed by atoms with Crippen LogP contribution >= 0.6 is 0 Å². The molecule has 0 atom stereocenters. The van der Waals surface area contributed by atoms with Crippen molar-refractivity contribution in [1.82, 2.24) is 0 Å². The van der Waals surface area contributed by atoms with Gasteiger partial charge in [0.15, 0.2) is 0 Å². The fourth-order valence-corrected chi connectivity index (χ4v) is 0.671. The van der Waals surface area contributed by atoms with Gasteiger partial charge in [-0.2, -0.15) is 0 Å². The summed E-state index contributed by atoms with van der Waals surface area (Å²) in [5.41, 5.74) is 0. The van der Waals surface area contributed by atoms with Crippen molar-refractivity contribution in [1.29, 1.82) is 0 Å². The second-order valence-corrected chi connectivity index (χ2v) is 3.29. The Morgan fingerprint density at radius 3 is 1.31 bits per heavy atom. The van der Waals surface area contributed by atoms with Crippen molar-refractivity contribution >= 4 is 5.97 Å². The predicted molar refractivity (Wildman–Crippen MR) is 53.1 cm³/mol. The van der Waals surface area contributed by atoms with E-state index in [-0.39, 0.29) is 6.42 Å². The molecule has 0 amide bonds. The Bertz CT molecular complexity index is 123. The summed E-state index contributed by atoms with van der Waals surface area (Å²) < 4.78 is 1.21. The highest BCUT2D eigenvalue weighted by molar-refractivity contribution is 5.63. The van der Waals surface area contributed by atoms with Gasteiger partial charge in [-0.15, -0.1) is 0 Å². The maximum atomic E-state index is 9.26. The number of nitrogens with zero attached hydrogens (tertiary/aromatic N) is 1. The van der Waals surface area contributed by atoms with Crippen LogP contribution in [0.2, 0.25) is 0 Å². The van der Waals surface area contributed by atoms with Crippen molar-refractivity contribution in [3.8, 4) is 0 Å². The molecular formula is C10H23NO2. The van der Waals surface area contributed by atoms with Crippen LogP contribution in [0.4, 0.5) is 0 Å². The van der Waals surface area contributed by atoms with Crippen LogP contribution in [0.1, 0.15) is 34.1 Å². The van der Waals surface area contributed by atoms with Crippen molar-refractivity contribution in [2.75, 3.05) is 26.7 Å². The molecule has 0 aliphatic carbocycles. The molecule has 0 N–H and O–H groups in total. The van der Waals surface area contributed by atoms with Crippen molar-refractivity contribution < 1.29 is 14.4 Å². The third-order valence-corrected chi connectivity index (χ3v) is 2.58. The van der Waals surface area contributed by atoms with Crippen LogP contribution < -0.4 is 5.11 Å². The lowest BCUT2D eigenvalue weighted by atomic mass is 10.4. The molecule has 0 saturated heterocycles. The third-order valence-electron chi connectivity index (χ3n) is 2.58. The Morgan fingerprint density at radius 2 is 1.31 bits per heavy atom. The van der Waals surface area contributed by atoms with Gasteiger partial charge < -0.3 is 14.4 Å². The van der Waals surface area contributed by atoms with E-state index < -0.39 is 5.97 Å². The average Bonchev–Trinajstić information content (AvgIpc) is 2.17. The number of rotatable bonds is 4. The number of carbonyl (C=O) groups is 1. The highest BCUT2D eigenvalue weighted by Gasteiger charge is 2.10. The van der Waals surface area contributed by atoms with Crippen molar-refractivity contribution in [3.63, 3.8) is 0 Å². The van der Waals surface area contributed by atoms with Crippen LogP contribution in [0.3, 0.4) is 0 Å². The SMILES string of the molecule is CCC(=O)[O-].CC[N+](C)(CC)CC. The van der Waals surface area contributed by atoms with Gasteiger partial charge in [-0.25, -0.2) is 0 Å². The molecule has 0 fully saturated rings. The first-order chi connectivity index (χ1) is 5.95. The Balaban J connectivity index is 0. The van der Waals surface area contributed by atoms with E-state index in [1.54, 1.807) is 0 Å². The van der Waals surface area contributed by atoms with E-state index >= 15 is 0 Å². The number of carboxylic acids is 1. The summed E-state index contributed by atoms with van der Waals surface area (Å²) >= 11 is 0. The highest BCUT2D eigenvalue weighted by atomic mass is 16.4. The maximum absolute atomic E-state index is 9.26. The zero-order valence-electron chi connectivity index (χ0n) is 9.59. The molecule has 0 saturated carbocycles. The predicted octanol–water partition coefficient (Wildman–Crippen LogP) is 0.639. The van der Waals surface area contributed by atoms with Crippen LogP contribution in [0.15, 0.2) is 0 Å². The van der Waals surface area contributed by atoms with Gasteiger partial charge >= 0.3 is 0 Å². The summed E-state index contributed by atoms with van der Waals surface area (Å²) in [5, 5.41) is 9.26. The van der Waals surface area contributed by atoms with Gasteiger partial charge in [-0.05, 0) is 27.2 Å². The van der Waals surface area contributed by atoms with E-state index in [9.17, 15) is 9.90 Å². The van der Waals surface area contributed by atoms with Crippen LogP contribution in [0.5, 0.6) is 0 Å². The number of hydrogen-bond donors (Lipinski definition) is 0. The lowest BCUT2D eigenvalue weighted by Gasteiger charge is -2.30. The van der Waals surface area contributed by atoms with E-state index in [0.717, 1.165) is 0 Å². The summed E-state index contributed by atoms with van der Waals surface area (Å²) in [6.45, 7) is 12.0. The van der Waals surface area contributed by atoms with Gasteiger partial charge in [0, 0.05) is 5.97 Å². The number of quaternary nitrogens is 1. The molecule has 0 unspecified atom stereocenters. The van der Waals surface area contributed by atoms with Crippen LogP contribution in [0, 0.1) is 0 Å². The Hall–Kier alpha value is -0.570. The Morgan fingerprint density at radius 1 is 1.08 bits per heavy atom. The zero-order valence-corrected chi connectivity index (χ0v) is 9.59. The minimum absolute atomic E-state index is 0.111. The highest BCUT2D eigenvalue weighted by Crippen LogP contribution is 1.97. The fraction of sp³-hybridized carbons (Fsp3) is 0.900. The summed E-state index contributed by atoms with van der Waals surface area (Å²) in [6.07, 6.45) is 0.111. The molecule has 3 heteroatoms. The summed E-state index contributed by atoms with van der Waals surface area (Å²) in [4.78, 5) is 9.26. The molecule has 0 aromatic heterocycles. The minimum Gasteiger partial charge on any atom is -0.550 e. The molecule has 0 aromatic carbocycles. The molecule has 3 nitrogen and oxygen atoms in total. The van der Waals surface area contributed by atoms with E-state index in [1.165, 1.54) is 31.0 Å². The monoisotopic (exact) mass is 189 g/mol. The van der Waals surface area contributed by atoms with Crippen molar-refractivity contribution in [2.24, 2.45) is 0 Å². The normalized spacial score (nSPS) is 10.2. The van der Waals surface area contributed by atoms with E-state index in [4.69, 9.17) is 0 Å². The summed E-state index contributed by atoms with van der Waals surface area (Å²) in [5.74, 6) is -0.995. The first-order valence-corrected chi connectivity index (χ1v) is 4.99. The number of carbonyl (C=O) groups excluding carboxylic acids is 1. The fourth-order valence-electron chi connectivity index (χ4n) is 0.671. The van der Waals surface area contributed by atoms with Crippen LogP contribution in [-0.4, -0.2) is 37.1 Å². The average molecular weight is 189 g/mol. The topological polar surface area (TPSA) is 40.1 Å². The second kappa shape index (κ2) is 8.05. The zero-order chi connectivity index (χ0) is 10.9. The van der Waals surface area contributed by atoms with Crippen molar-refractivity contribution in [3.05, 3.63) is 0 Å². The molecule has 0 aliphatic heterocycles. The largest absolute Gasteiger partial charge is 0.550 e. The van der Waals surface area contributed by atoms with E-state index in [2.05, 4.69) is 27.8 Å². The molecule has 0 bridgehead atoms.